The third kappa shape index (κ3) is 3.24. The van der Waals surface area contributed by atoms with E-state index in [0.717, 1.165) is 36.8 Å². The number of fused-ring (bicyclic) bond motifs is 1. The summed E-state index contributed by atoms with van der Waals surface area (Å²) in [5, 5.41) is 3.26. The van der Waals surface area contributed by atoms with Crippen molar-refractivity contribution in [1.82, 2.24) is 10.2 Å². The second-order valence-electron chi connectivity index (χ2n) is 10.1. The fourth-order valence-electron chi connectivity index (χ4n) is 6.44. The topological polar surface area (TPSA) is 58.6 Å². The van der Waals surface area contributed by atoms with Gasteiger partial charge in [-0.05, 0) is 30.9 Å². The highest BCUT2D eigenvalue weighted by molar-refractivity contribution is 5.97. The normalized spacial score (nSPS) is 32.5. The van der Waals surface area contributed by atoms with Crippen molar-refractivity contribution >= 4 is 11.8 Å². The maximum absolute atomic E-state index is 14.0. The summed E-state index contributed by atoms with van der Waals surface area (Å²) in [6.45, 7) is 2.46. The highest BCUT2D eigenvalue weighted by Crippen LogP contribution is 2.58. The van der Waals surface area contributed by atoms with Crippen LogP contribution in [-0.4, -0.2) is 40.5 Å². The molecule has 6 rings (SSSR count). The number of benzene rings is 2. The number of rotatable bonds is 5. The smallest absolute Gasteiger partial charge is 0.246 e. The fraction of sp³-hybridized carbons (Fsp3) is 0.429. The molecule has 5 heteroatoms. The number of likely N-dealkylation sites (tertiary alicyclic amines) is 1. The minimum Gasteiger partial charge on any atom is -0.359 e. The van der Waals surface area contributed by atoms with Crippen LogP contribution in [0.5, 0.6) is 0 Å². The predicted molar refractivity (Wildman–Crippen MR) is 125 cm³/mol. The van der Waals surface area contributed by atoms with Gasteiger partial charge >= 0.3 is 0 Å². The Labute approximate surface area is 194 Å². The largest absolute Gasteiger partial charge is 0.359 e. The van der Waals surface area contributed by atoms with E-state index < -0.39 is 11.6 Å². The number of carbonyl (C=O) groups excluding carboxylic acids is 2. The van der Waals surface area contributed by atoms with Crippen LogP contribution in [0.4, 0.5) is 0 Å². The first kappa shape index (κ1) is 20.7. The van der Waals surface area contributed by atoms with E-state index in [-0.39, 0.29) is 35.8 Å². The molecule has 0 unspecified atom stereocenters. The minimum absolute atomic E-state index is 0.0165. The monoisotopic (exact) mass is 442 g/mol. The zero-order valence-corrected chi connectivity index (χ0v) is 18.9. The van der Waals surface area contributed by atoms with Crippen LogP contribution in [0, 0.1) is 12.8 Å². The molecule has 5 atom stereocenters. The molecule has 1 spiro atoms. The number of amides is 2. The summed E-state index contributed by atoms with van der Waals surface area (Å²) in [4.78, 5) is 29.5. The number of nitrogens with zero attached hydrogens (tertiary/aromatic N) is 1. The first-order valence-electron chi connectivity index (χ1n) is 12.2. The summed E-state index contributed by atoms with van der Waals surface area (Å²) in [5.74, 6) is -0.528. The molecule has 2 bridgehead atoms. The van der Waals surface area contributed by atoms with E-state index in [9.17, 15) is 9.59 Å². The molecule has 5 nitrogen and oxygen atoms in total. The SMILES string of the molecule is Cc1ccc(CN2C(=O)[C@@H]3[C@@H](c4ccccc4)[C@H]4C=C[C@@]3(O4)[C@H]2C(=O)NC2CCCC2)cc1. The van der Waals surface area contributed by atoms with Crippen LogP contribution in [-0.2, 0) is 20.9 Å². The molecule has 3 heterocycles. The van der Waals surface area contributed by atoms with Crippen molar-refractivity contribution in [2.75, 3.05) is 0 Å². The van der Waals surface area contributed by atoms with Gasteiger partial charge in [0.15, 0.2) is 0 Å². The van der Waals surface area contributed by atoms with E-state index in [0.29, 0.717) is 6.54 Å². The summed E-state index contributed by atoms with van der Waals surface area (Å²) in [6, 6.07) is 17.9. The lowest BCUT2D eigenvalue weighted by Gasteiger charge is -2.33. The third-order valence-corrected chi connectivity index (χ3v) is 7.98. The summed E-state index contributed by atoms with van der Waals surface area (Å²) in [6.07, 6.45) is 8.19. The van der Waals surface area contributed by atoms with Gasteiger partial charge in [0.1, 0.15) is 11.6 Å². The second-order valence-corrected chi connectivity index (χ2v) is 10.1. The zero-order chi connectivity index (χ0) is 22.6. The highest BCUT2D eigenvalue weighted by atomic mass is 16.5. The molecule has 4 aliphatic rings. The number of nitrogens with one attached hydrogen (secondary N) is 1. The van der Waals surface area contributed by atoms with Crippen LogP contribution in [0.2, 0.25) is 0 Å². The minimum atomic E-state index is -0.907. The second kappa shape index (κ2) is 7.84. The van der Waals surface area contributed by atoms with Crippen molar-refractivity contribution in [2.45, 2.75) is 68.9 Å². The fourth-order valence-corrected chi connectivity index (χ4v) is 6.44. The van der Waals surface area contributed by atoms with Gasteiger partial charge in [-0.3, -0.25) is 9.59 Å². The molecule has 2 aromatic rings. The first-order valence-corrected chi connectivity index (χ1v) is 12.2. The average molecular weight is 443 g/mol. The molecule has 3 aliphatic heterocycles. The van der Waals surface area contributed by atoms with Gasteiger partial charge < -0.3 is 15.0 Å². The van der Waals surface area contributed by atoms with E-state index in [1.165, 1.54) is 5.56 Å². The van der Waals surface area contributed by atoms with Crippen LogP contribution < -0.4 is 5.32 Å². The Hall–Kier alpha value is -2.92. The molecular formula is C28H30N2O3. The van der Waals surface area contributed by atoms with Crippen LogP contribution in [0.3, 0.4) is 0 Å². The van der Waals surface area contributed by atoms with E-state index in [1.54, 1.807) is 4.90 Å². The van der Waals surface area contributed by atoms with Gasteiger partial charge in [-0.15, -0.1) is 0 Å². The number of carbonyl (C=O) groups is 2. The first-order chi connectivity index (χ1) is 16.1. The van der Waals surface area contributed by atoms with Crippen LogP contribution >= 0.6 is 0 Å². The Morgan fingerprint density at radius 2 is 1.82 bits per heavy atom. The molecule has 1 N–H and O–H groups in total. The Balaban J connectivity index is 1.39. The van der Waals surface area contributed by atoms with Crippen molar-refractivity contribution < 1.29 is 14.3 Å². The Kier molecular flexibility index (Phi) is 4.91. The zero-order valence-electron chi connectivity index (χ0n) is 18.9. The van der Waals surface area contributed by atoms with Gasteiger partial charge in [-0.1, -0.05) is 85.2 Å². The standard InChI is InChI=1S/C28H30N2O3/c1-18-11-13-19(14-12-18)17-30-25(26(31)29-21-9-5-6-10-21)28-16-15-22(33-28)23(24(28)27(30)32)20-7-3-2-4-8-20/h2-4,7-8,11-16,21-25H,5-6,9-10,17H2,1H3,(H,29,31)/t22-,23+,24+,25-,28+/m1/s1. The van der Waals surface area contributed by atoms with Gasteiger partial charge in [0, 0.05) is 18.5 Å². The number of hydrogen-bond acceptors (Lipinski definition) is 3. The Bertz CT molecular complexity index is 1090. The lowest BCUT2D eigenvalue weighted by atomic mass is 9.72. The highest BCUT2D eigenvalue weighted by Gasteiger charge is 2.71. The van der Waals surface area contributed by atoms with Gasteiger partial charge in [-0.2, -0.15) is 0 Å². The summed E-state index contributed by atoms with van der Waals surface area (Å²) >= 11 is 0. The molecule has 33 heavy (non-hydrogen) atoms. The lowest BCUT2D eigenvalue weighted by Crippen LogP contribution is -2.55. The number of ether oxygens (including phenoxy) is 1. The van der Waals surface area contributed by atoms with Gasteiger partial charge in [0.25, 0.3) is 0 Å². The van der Waals surface area contributed by atoms with E-state index >= 15 is 0 Å². The maximum atomic E-state index is 14.0. The van der Waals surface area contributed by atoms with E-state index in [2.05, 4.69) is 35.7 Å². The van der Waals surface area contributed by atoms with E-state index in [4.69, 9.17) is 4.74 Å². The molecule has 0 radical (unpaired) electrons. The number of hydrogen-bond donors (Lipinski definition) is 1. The third-order valence-electron chi connectivity index (χ3n) is 7.98. The lowest BCUT2D eigenvalue weighted by molar-refractivity contribution is -0.140. The van der Waals surface area contributed by atoms with Gasteiger partial charge in [-0.25, -0.2) is 0 Å². The van der Waals surface area contributed by atoms with Crippen molar-refractivity contribution in [1.29, 1.82) is 0 Å². The maximum Gasteiger partial charge on any atom is 0.246 e. The van der Waals surface area contributed by atoms with Crippen LogP contribution in [0.15, 0.2) is 66.7 Å². The van der Waals surface area contributed by atoms with Crippen molar-refractivity contribution in [3.63, 3.8) is 0 Å². The quantitative estimate of drug-likeness (QED) is 0.715. The van der Waals surface area contributed by atoms with Crippen LogP contribution in [0.1, 0.15) is 48.3 Å². The predicted octanol–water partition coefficient (Wildman–Crippen LogP) is 3.87. The van der Waals surface area contributed by atoms with Crippen molar-refractivity contribution in [3.8, 4) is 0 Å². The van der Waals surface area contributed by atoms with Crippen molar-refractivity contribution in [2.24, 2.45) is 5.92 Å². The molecular weight excluding hydrogens is 412 g/mol. The van der Waals surface area contributed by atoms with Crippen molar-refractivity contribution in [3.05, 3.63) is 83.4 Å². The van der Waals surface area contributed by atoms with Gasteiger partial charge in [0.2, 0.25) is 11.8 Å². The molecule has 2 saturated heterocycles. The average Bonchev–Trinajstić information content (AvgIpc) is 3.59. The summed E-state index contributed by atoms with van der Waals surface area (Å²) in [7, 11) is 0. The molecule has 2 amide bonds. The van der Waals surface area contributed by atoms with Crippen LogP contribution in [0.25, 0.3) is 0 Å². The van der Waals surface area contributed by atoms with E-state index in [1.807, 2.05) is 43.3 Å². The molecule has 3 fully saturated rings. The summed E-state index contributed by atoms with van der Waals surface area (Å²) < 4.78 is 6.57. The molecule has 1 saturated carbocycles. The molecule has 2 aromatic carbocycles. The van der Waals surface area contributed by atoms with Gasteiger partial charge in [0.05, 0.1) is 12.0 Å². The summed E-state index contributed by atoms with van der Waals surface area (Å²) in [5.41, 5.74) is 2.39. The Morgan fingerprint density at radius 3 is 2.55 bits per heavy atom. The number of aryl methyl sites for hydroxylation is 1. The molecule has 1 aliphatic carbocycles. The Morgan fingerprint density at radius 1 is 1.09 bits per heavy atom. The molecule has 0 aromatic heterocycles. The molecule has 170 valence electrons.